The number of carbonyl (C=O) groups excluding carboxylic acids is 2. The molecule has 0 saturated carbocycles. The lowest BCUT2D eigenvalue weighted by Crippen LogP contribution is -2.28. The second kappa shape index (κ2) is 7.48. The molecule has 6 nitrogen and oxygen atoms in total. The van der Waals surface area contributed by atoms with Gasteiger partial charge in [0.1, 0.15) is 5.25 Å². The van der Waals surface area contributed by atoms with E-state index in [2.05, 4.69) is 20.8 Å². The van der Waals surface area contributed by atoms with Crippen LogP contribution in [0.3, 0.4) is 0 Å². The maximum atomic E-state index is 12.4. The minimum atomic E-state index is -0.499. The van der Waals surface area contributed by atoms with E-state index in [1.165, 1.54) is 11.8 Å². The predicted octanol–water partition coefficient (Wildman–Crippen LogP) is 3.15. The number of hydrogen-bond donors (Lipinski definition) is 2. The summed E-state index contributed by atoms with van der Waals surface area (Å²) in [4.78, 5) is 24.3. The van der Waals surface area contributed by atoms with Crippen molar-refractivity contribution >= 4 is 50.9 Å². The molecule has 128 valence electrons. The zero-order valence-electron chi connectivity index (χ0n) is 13.9. The molecule has 3 rings (SSSR count). The highest BCUT2D eigenvalue weighted by molar-refractivity contribution is 8.15. The van der Waals surface area contributed by atoms with Gasteiger partial charge in [0.25, 0.3) is 0 Å². The van der Waals surface area contributed by atoms with Crippen LogP contribution in [0.15, 0.2) is 52.7 Å². The van der Waals surface area contributed by atoms with Crippen LogP contribution in [0.1, 0.15) is 20.3 Å². The van der Waals surface area contributed by atoms with E-state index in [0.717, 1.165) is 22.2 Å². The Bertz CT molecular complexity index is 882. The fraction of sp³-hybridized carbons (Fsp3) is 0.222. The molecular formula is C18H18N4O2S. The number of nitrogens with zero attached hydrogens (tertiary/aromatic N) is 2. The summed E-state index contributed by atoms with van der Waals surface area (Å²) < 4.78 is 0. The first-order valence-electron chi connectivity index (χ1n) is 7.87. The summed E-state index contributed by atoms with van der Waals surface area (Å²) in [6, 6.07) is 13.6. The van der Waals surface area contributed by atoms with Gasteiger partial charge in [-0.1, -0.05) is 48.2 Å². The number of benzene rings is 2. The summed E-state index contributed by atoms with van der Waals surface area (Å²) >= 11 is 1.22. The first-order valence-corrected chi connectivity index (χ1v) is 8.75. The van der Waals surface area contributed by atoms with Crippen LogP contribution in [-0.2, 0) is 9.59 Å². The van der Waals surface area contributed by atoms with E-state index in [1.54, 1.807) is 0 Å². The summed E-state index contributed by atoms with van der Waals surface area (Å²) in [7, 11) is 0. The fourth-order valence-electron chi connectivity index (χ4n) is 2.44. The first kappa shape index (κ1) is 17.2. The third-order valence-electron chi connectivity index (χ3n) is 3.55. The van der Waals surface area contributed by atoms with Gasteiger partial charge < -0.3 is 10.6 Å². The van der Waals surface area contributed by atoms with Crippen LogP contribution in [0.5, 0.6) is 0 Å². The standard InChI is InChI=1S/C18H18N4O2S/c1-11(2)21-22-18-20-17(24)15(25-18)10-16(23)19-14-9-5-7-12-6-3-4-8-13(12)14/h3-9,15H,10H2,1-2H3,(H,19,23)(H,20,22,24)/t15-/m1/s1. The van der Waals surface area contributed by atoms with Crippen molar-refractivity contribution in [2.75, 3.05) is 5.32 Å². The van der Waals surface area contributed by atoms with Crippen molar-refractivity contribution in [3.8, 4) is 0 Å². The predicted molar refractivity (Wildman–Crippen MR) is 103 cm³/mol. The number of hydrogen-bond acceptors (Lipinski definition) is 5. The fourth-order valence-corrected chi connectivity index (χ4v) is 3.35. The number of anilines is 1. The van der Waals surface area contributed by atoms with Gasteiger partial charge in [-0.3, -0.25) is 9.59 Å². The minimum Gasteiger partial charge on any atom is -0.325 e. The lowest BCUT2D eigenvalue weighted by molar-refractivity contribution is -0.122. The van der Waals surface area contributed by atoms with E-state index >= 15 is 0 Å². The van der Waals surface area contributed by atoms with Crippen LogP contribution in [-0.4, -0.2) is 27.9 Å². The molecule has 2 aromatic carbocycles. The third kappa shape index (κ3) is 4.24. The highest BCUT2D eigenvalue weighted by atomic mass is 32.2. The smallest absolute Gasteiger partial charge is 0.240 e. The normalized spacial score (nSPS) is 18.2. The minimum absolute atomic E-state index is 0.0769. The molecule has 1 aliphatic rings. The molecule has 0 spiro atoms. The molecule has 0 aliphatic carbocycles. The van der Waals surface area contributed by atoms with Crippen LogP contribution < -0.4 is 10.6 Å². The topological polar surface area (TPSA) is 82.9 Å². The number of thioether (sulfide) groups is 1. The Balaban J connectivity index is 1.67. The van der Waals surface area contributed by atoms with Gasteiger partial charge >= 0.3 is 0 Å². The van der Waals surface area contributed by atoms with E-state index in [-0.39, 0.29) is 18.2 Å². The zero-order valence-corrected chi connectivity index (χ0v) is 14.8. The van der Waals surface area contributed by atoms with Gasteiger partial charge in [-0.15, -0.1) is 5.10 Å². The Morgan fingerprint density at radius 3 is 2.76 bits per heavy atom. The maximum absolute atomic E-state index is 12.4. The molecule has 0 bridgehead atoms. The quantitative estimate of drug-likeness (QED) is 0.653. The summed E-state index contributed by atoms with van der Waals surface area (Å²) in [5, 5.41) is 15.4. The Morgan fingerprint density at radius 1 is 1.20 bits per heavy atom. The zero-order chi connectivity index (χ0) is 17.8. The van der Waals surface area contributed by atoms with Crippen molar-refractivity contribution in [1.29, 1.82) is 0 Å². The molecule has 0 radical (unpaired) electrons. The van der Waals surface area contributed by atoms with E-state index < -0.39 is 5.25 Å². The highest BCUT2D eigenvalue weighted by Gasteiger charge is 2.32. The second-order valence-electron chi connectivity index (χ2n) is 5.83. The van der Waals surface area contributed by atoms with Crippen molar-refractivity contribution in [3.63, 3.8) is 0 Å². The van der Waals surface area contributed by atoms with Gasteiger partial charge in [0.15, 0.2) is 5.17 Å². The summed E-state index contributed by atoms with van der Waals surface area (Å²) in [5.41, 5.74) is 1.53. The molecule has 1 fully saturated rings. The number of fused-ring (bicyclic) bond motifs is 1. The molecule has 2 amide bonds. The third-order valence-corrected chi connectivity index (χ3v) is 4.62. The van der Waals surface area contributed by atoms with E-state index in [0.29, 0.717) is 5.17 Å². The summed E-state index contributed by atoms with van der Waals surface area (Å²) in [6.45, 7) is 3.64. The lowest BCUT2D eigenvalue weighted by Gasteiger charge is -2.10. The number of amidine groups is 1. The molecule has 0 unspecified atom stereocenters. The van der Waals surface area contributed by atoms with Gasteiger partial charge in [-0.2, -0.15) is 5.10 Å². The number of rotatable bonds is 4. The molecule has 1 saturated heterocycles. The maximum Gasteiger partial charge on any atom is 0.240 e. The van der Waals surface area contributed by atoms with Crippen LogP contribution in [0, 0.1) is 0 Å². The van der Waals surface area contributed by atoms with Crippen LogP contribution in [0.4, 0.5) is 5.69 Å². The summed E-state index contributed by atoms with van der Waals surface area (Å²) in [6.07, 6.45) is 0.0769. The SMILES string of the molecule is CC(C)=N/N=C1\NC(=O)[C@@H](CC(=O)Nc2cccc3ccccc23)S1. The lowest BCUT2D eigenvalue weighted by atomic mass is 10.1. The average molecular weight is 354 g/mol. The van der Waals surface area contributed by atoms with Crippen molar-refractivity contribution in [1.82, 2.24) is 5.32 Å². The molecule has 1 aliphatic heterocycles. The summed E-state index contributed by atoms with van der Waals surface area (Å²) in [5.74, 6) is -0.429. The largest absolute Gasteiger partial charge is 0.325 e. The van der Waals surface area contributed by atoms with Gasteiger partial charge in [0.05, 0.1) is 0 Å². The van der Waals surface area contributed by atoms with Crippen LogP contribution >= 0.6 is 11.8 Å². The van der Waals surface area contributed by atoms with Crippen LogP contribution in [0.25, 0.3) is 10.8 Å². The molecule has 2 aromatic rings. The Morgan fingerprint density at radius 2 is 1.96 bits per heavy atom. The second-order valence-corrected chi connectivity index (χ2v) is 7.02. The van der Waals surface area contributed by atoms with Gasteiger partial charge in [-0.05, 0) is 25.3 Å². The average Bonchev–Trinajstić information content (AvgIpc) is 2.93. The Hall–Kier alpha value is -2.67. The molecule has 1 heterocycles. The van der Waals surface area contributed by atoms with E-state index in [4.69, 9.17) is 0 Å². The van der Waals surface area contributed by atoms with E-state index in [9.17, 15) is 9.59 Å². The Labute approximate surface area is 149 Å². The number of nitrogens with one attached hydrogen (secondary N) is 2. The van der Waals surface area contributed by atoms with Crippen molar-refractivity contribution in [2.45, 2.75) is 25.5 Å². The Kier molecular flexibility index (Phi) is 5.14. The highest BCUT2D eigenvalue weighted by Crippen LogP contribution is 2.25. The molecule has 25 heavy (non-hydrogen) atoms. The molecular weight excluding hydrogens is 336 g/mol. The van der Waals surface area contributed by atoms with Gasteiger partial charge in [-0.25, -0.2) is 0 Å². The van der Waals surface area contributed by atoms with E-state index in [1.807, 2.05) is 56.3 Å². The van der Waals surface area contributed by atoms with Crippen molar-refractivity contribution < 1.29 is 9.59 Å². The van der Waals surface area contributed by atoms with Gasteiger partial charge in [0.2, 0.25) is 11.8 Å². The van der Waals surface area contributed by atoms with Crippen LogP contribution in [0.2, 0.25) is 0 Å². The molecule has 7 heteroatoms. The van der Waals surface area contributed by atoms with Crippen molar-refractivity contribution in [3.05, 3.63) is 42.5 Å². The first-order chi connectivity index (χ1) is 12.0. The monoisotopic (exact) mass is 354 g/mol. The number of amides is 2. The molecule has 2 N–H and O–H groups in total. The van der Waals surface area contributed by atoms with Gasteiger partial charge in [0, 0.05) is 23.2 Å². The molecule has 0 aromatic heterocycles. The number of carbonyl (C=O) groups is 2. The van der Waals surface area contributed by atoms with Crippen molar-refractivity contribution in [2.24, 2.45) is 10.2 Å². The molecule has 1 atom stereocenters.